The Labute approximate surface area is 215 Å². The molecule has 0 bridgehead atoms. The van der Waals surface area contributed by atoms with Gasteiger partial charge in [-0.2, -0.15) is 0 Å². The number of esters is 1. The van der Waals surface area contributed by atoms with Crippen LogP contribution in [0.1, 0.15) is 95.8 Å². The summed E-state index contributed by atoms with van der Waals surface area (Å²) in [7, 11) is 0. The summed E-state index contributed by atoms with van der Waals surface area (Å²) < 4.78 is 23.2. The molecule has 3 rings (SSSR count). The maximum atomic E-state index is 11.5. The van der Waals surface area contributed by atoms with Crippen molar-refractivity contribution in [1.29, 1.82) is 0 Å². The number of hydrogen-bond acceptors (Lipinski definition) is 7. The van der Waals surface area contributed by atoms with Crippen LogP contribution in [0.5, 0.6) is 11.5 Å². The van der Waals surface area contributed by atoms with Gasteiger partial charge in [0.05, 0.1) is 13.2 Å². The fourth-order valence-corrected chi connectivity index (χ4v) is 5.54. The third kappa shape index (κ3) is 6.42. The lowest BCUT2D eigenvalue weighted by atomic mass is 9.70. The van der Waals surface area contributed by atoms with Crippen LogP contribution in [0.15, 0.2) is 17.7 Å². The van der Waals surface area contributed by atoms with Crippen LogP contribution >= 0.6 is 0 Å². The minimum atomic E-state index is -1.34. The van der Waals surface area contributed by atoms with E-state index in [1.165, 1.54) is 23.6 Å². The van der Waals surface area contributed by atoms with Crippen molar-refractivity contribution in [2.75, 3.05) is 13.2 Å². The molecule has 7 atom stereocenters. The van der Waals surface area contributed by atoms with Gasteiger partial charge in [-0.25, -0.2) is 0 Å². The molecule has 0 radical (unpaired) electrons. The molecular weight excluding hydrogens is 460 g/mol. The third-order valence-corrected chi connectivity index (χ3v) is 7.41. The van der Waals surface area contributed by atoms with Crippen LogP contribution < -0.4 is 9.47 Å². The van der Waals surface area contributed by atoms with Crippen molar-refractivity contribution in [3.05, 3.63) is 34.4 Å². The molecule has 0 spiro atoms. The standard InChI is InChI=1S/C29H44O7/c1-8-33-28-24-18(5)12-13-21(17(4)11-9-10-16(2)3)22(24)14-19(6)26(28)36-29-25(32)27(35-20(7)30)23(31)15-34-29/h10,14,17-18,21,23,25,27,29,31-32H,8-9,11-13,15H2,1-7H3/t17-,18-,21+,23-,25-,27+,29+/m0/s1. The zero-order chi connectivity index (χ0) is 26.6. The first-order valence-corrected chi connectivity index (χ1v) is 13.3. The molecule has 1 aromatic carbocycles. The molecule has 1 aromatic rings. The highest BCUT2D eigenvalue weighted by atomic mass is 16.7. The average molecular weight is 505 g/mol. The van der Waals surface area contributed by atoms with Crippen molar-refractivity contribution in [2.45, 2.75) is 111 Å². The summed E-state index contributed by atoms with van der Waals surface area (Å²) in [6, 6.07) is 2.21. The molecule has 0 amide bonds. The van der Waals surface area contributed by atoms with Gasteiger partial charge in [0.25, 0.3) is 0 Å². The fraction of sp³-hybridized carbons (Fsp3) is 0.690. The lowest BCUT2D eigenvalue weighted by Crippen LogP contribution is -2.56. The average Bonchev–Trinajstić information content (AvgIpc) is 2.80. The van der Waals surface area contributed by atoms with E-state index in [0.29, 0.717) is 35.9 Å². The number of benzene rings is 1. The Kier molecular flexibility index (Phi) is 9.84. The van der Waals surface area contributed by atoms with E-state index in [1.807, 2.05) is 13.8 Å². The van der Waals surface area contributed by atoms with Gasteiger partial charge in [0.15, 0.2) is 23.7 Å². The number of aliphatic hydroxyl groups is 2. The zero-order valence-electron chi connectivity index (χ0n) is 22.9. The molecule has 7 nitrogen and oxygen atoms in total. The number of ether oxygens (including phenoxy) is 4. The summed E-state index contributed by atoms with van der Waals surface area (Å²) in [6.45, 7) is 14.4. The summed E-state index contributed by atoms with van der Waals surface area (Å²) in [4.78, 5) is 11.5. The number of carbonyl (C=O) groups is 1. The molecule has 1 saturated heterocycles. The van der Waals surface area contributed by atoms with E-state index in [1.54, 1.807) is 0 Å². The van der Waals surface area contributed by atoms with Crippen molar-refractivity contribution in [1.82, 2.24) is 0 Å². The predicted molar refractivity (Wildman–Crippen MR) is 139 cm³/mol. The molecule has 2 N–H and O–H groups in total. The van der Waals surface area contributed by atoms with Crippen molar-refractivity contribution >= 4 is 5.97 Å². The second-order valence-corrected chi connectivity index (χ2v) is 10.7. The summed E-state index contributed by atoms with van der Waals surface area (Å²) in [6.07, 6.45) is 2.02. The van der Waals surface area contributed by atoms with E-state index in [9.17, 15) is 15.0 Å². The van der Waals surface area contributed by atoms with Gasteiger partial charge in [0.2, 0.25) is 6.29 Å². The zero-order valence-corrected chi connectivity index (χ0v) is 22.9. The summed E-state index contributed by atoms with van der Waals surface area (Å²) in [5.74, 6) is 1.92. The lowest BCUT2D eigenvalue weighted by Gasteiger charge is -2.39. The number of hydrogen-bond donors (Lipinski definition) is 2. The first-order valence-electron chi connectivity index (χ1n) is 13.3. The maximum absolute atomic E-state index is 11.5. The van der Waals surface area contributed by atoms with Gasteiger partial charge in [-0.1, -0.05) is 31.6 Å². The Bertz CT molecular complexity index is 936. The van der Waals surface area contributed by atoms with Crippen molar-refractivity contribution in [3.8, 4) is 11.5 Å². The first-order chi connectivity index (χ1) is 17.0. The molecule has 7 heteroatoms. The van der Waals surface area contributed by atoms with Crippen molar-refractivity contribution in [3.63, 3.8) is 0 Å². The van der Waals surface area contributed by atoms with Crippen LogP contribution in [0, 0.1) is 12.8 Å². The Morgan fingerprint density at radius 3 is 2.58 bits per heavy atom. The number of allylic oxidation sites excluding steroid dienone is 2. The van der Waals surface area contributed by atoms with Gasteiger partial charge in [0.1, 0.15) is 6.10 Å². The Hall–Kier alpha value is -2.09. The molecular formula is C29H44O7. The monoisotopic (exact) mass is 504 g/mol. The molecule has 2 aliphatic rings. The molecule has 0 aromatic heterocycles. The molecule has 0 saturated carbocycles. The van der Waals surface area contributed by atoms with Crippen LogP contribution in [-0.4, -0.2) is 54.0 Å². The Morgan fingerprint density at radius 2 is 1.94 bits per heavy atom. The van der Waals surface area contributed by atoms with Gasteiger partial charge < -0.3 is 29.2 Å². The first kappa shape index (κ1) is 28.5. The van der Waals surface area contributed by atoms with Crippen LogP contribution in [0.25, 0.3) is 0 Å². The second kappa shape index (κ2) is 12.4. The van der Waals surface area contributed by atoms with E-state index in [4.69, 9.17) is 18.9 Å². The van der Waals surface area contributed by atoms with Crippen molar-refractivity contribution < 1.29 is 34.0 Å². The summed E-state index contributed by atoms with van der Waals surface area (Å²) in [5, 5.41) is 21.0. The lowest BCUT2D eigenvalue weighted by molar-refractivity contribution is -0.249. The summed E-state index contributed by atoms with van der Waals surface area (Å²) >= 11 is 0. The van der Waals surface area contributed by atoms with Gasteiger partial charge in [0, 0.05) is 12.5 Å². The Balaban J connectivity index is 1.95. The van der Waals surface area contributed by atoms with E-state index >= 15 is 0 Å². The normalized spacial score (nSPS) is 28.6. The molecule has 202 valence electrons. The summed E-state index contributed by atoms with van der Waals surface area (Å²) in [5.41, 5.74) is 4.75. The van der Waals surface area contributed by atoms with Crippen LogP contribution in [0.4, 0.5) is 0 Å². The number of fused-ring (bicyclic) bond motifs is 1. The van der Waals surface area contributed by atoms with E-state index in [2.05, 4.69) is 39.8 Å². The van der Waals surface area contributed by atoms with Crippen LogP contribution in [0.3, 0.4) is 0 Å². The van der Waals surface area contributed by atoms with E-state index < -0.39 is 30.6 Å². The highest BCUT2D eigenvalue weighted by molar-refractivity contribution is 5.66. The quantitative estimate of drug-likeness (QED) is 0.355. The number of aliphatic hydroxyl groups excluding tert-OH is 2. The minimum absolute atomic E-state index is 0.116. The van der Waals surface area contributed by atoms with Gasteiger partial charge in [-0.3, -0.25) is 4.79 Å². The smallest absolute Gasteiger partial charge is 0.303 e. The van der Waals surface area contributed by atoms with Crippen LogP contribution in [0.2, 0.25) is 0 Å². The Morgan fingerprint density at radius 1 is 1.22 bits per heavy atom. The maximum Gasteiger partial charge on any atom is 0.303 e. The number of carbonyl (C=O) groups excluding carboxylic acids is 1. The molecule has 0 unspecified atom stereocenters. The van der Waals surface area contributed by atoms with Gasteiger partial charge in [-0.05, 0) is 82.3 Å². The number of rotatable bonds is 9. The highest BCUT2D eigenvalue weighted by Crippen LogP contribution is 2.51. The fourth-order valence-electron chi connectivity index (χ4n) is 5.54. The second-order valence-electron chi connectivity index (χ2n) is 10.7. The highest BCUT2D eigenvalue weighted by Gasteiger charge is 2.43. The molecule has 1 aliphatic carbocycles. The molecule has 1 aliphatic heterocycles. The van der Waals surface area contributed by atoms with E-state index in [0.717, 1.165) is 31.2 Å². The largest absolute Gasteiger partial charge is 0.490 e. The molecule has 36 heavy (non-hydrogen) atoms. The molecule has 1 fully saturated rings. The van der Waals surface area contributed by atoms with E-state index in [-0.39, 0.29) is 6.61 Å². The third-order valence-electron chi connectivity index (χ3n) is 7.41. The van der Waals surface area contributed by atoms with Crippen molar-refractivity contribution in [2.24, 2.45) is 5.92 Å². The van der Waals surface area contributed by atoms with Gasteiger partial charge >= 0.3 is 5.97 Å². The molecule has 1 heterocycles. The SMILES string of the molecule is CCOc1c(O[C@H]2OC[C@H](O)[C@@H](OC(C)=O)[C@@H]2O)c(C)cc2c1[C@@H](C)CC[C@@H]2[C@@H](C)CCC=C(C)C. The van der Waals surface area contributed by atoms with Crippen LogP contribution in [-0.2, 0) is 14.3 Å². The predicted octanol–water partition coefficient (Wildman–Crippen LogP) is 5.15. The topological polar surface area (TPSA) is 94.5 Å². The van der Waals surface area contributed by atoms with Gasteiger partial charge in [-0.15, -0.1) is 0 Å². The number of aryl methyl sites for hydroxylation is 1. The minimum Gasteiger partial charge on any atom is -0.490 e.